The molecule has 5 aromatic rings. The monoisotopic (exact) mass is 565 g/mol. The maximum atomic E-state index is 13.3. The normalized spacial score (nSPS) is 12.9. The van der Waals surface area contributed by atoms with Crippen molar-refractivity contribution in [3.05, 3.63) is 90.5 Å². The van der Waals surface area contributed by atoms with Crippen molar-refractivity contribution in [1.82, 2.24) is 34.5 Å². The minimum absolute atomic E-state index is 0.0904. The van der Waals surface area contributed by atoms with E-state index in [-0.39, 0.29) is 24.6 Å². The van der Waals surface area contributed by atoms with Gasteiger partial charge in [-0.25, -0.2) is 14.6 Å². The number of H-pyrrole nitrogens is 1. The van der Waals surface area contributed by atoms with Crippen molar-refractivity contribution in [2.45, 2.75) is 13.8 Å². The van der Waals surface area contributed by atoms with Crippen molar-refractivity contribution >= 4 is 28.6 Å². The molecule has 4 heterocycles. The first-order valence-electron chi connectivity index (χ1n) is 13.7. The van der Waals surface area contributed by atoms with E-state index in [1.54, 1.807) is 35.0 Å². The Hall–Kier alpha value is -5.32. The number of methoxy groups -OCH3 is 1. The minimum atomic E-state index is -0.672. The number of hydrogen-bond acceptors (Lipinski definition) is 7. The van der Waals surface area contributed by atoms with Crippen LogP contribution in [0.1, 0.15) is 34.6 Å². The number of nitrogens with one attached hydrogen (secondary N) is 1. The summed E-state index contributed by atoms with van der Waals surface area (Å²) in [5, 5.41) is 4.65. The van der Waals surface area contributed by atoms with Crippen LogP contribution in [-0.2, 0) is 4.79 Å². The van der Waals surface area contributed by atoms with Crippen molar-refractivity contribution in [1.29, 1.82) is 0 Å². The van der Waals surface area contributed by atoms with Crippen molar-refractivity contribution < 1.29 is 19.1 Å². The molecule has 42 heavy (non-hydrogen) atoms. The average Bonchev–Trinajstić information content (AvgIpc) is 3.73. The summed E-state index contributed by atoms with van der Waals surface area (Å²) in [7, 11) is 1.60. The number of rotatable bonds is 6. The van der Waals surface area contributed by atoms with Gasteiger partial charge in [0.15, 0.2) is 5.82 Å². The topological polar surface area (TPSA) is 126 Å². The predicted octanol–water partition coefficient (Wildman–Crippen LogP) is 4.01. The van der Waals surface area contributed by atoms with Gasteiger partial charge in [0.05, 0.1) is 18.4 Å². The smallest absolute Gasteiger partial charge is 0.295 e. The molecule has 1 aliphatic rings. The Morgan fingerprint density at radius 1 is 0.857 bits per heavy atom. The van der Waals surface area contributed by atoms with Crippen LogP contribution in [0.3, 0.4) is 0 Å². The number of piperazine rings is 1. The highest BCUT2D eigenvalue weighted by Gasteiger charge is 2.31. The van der Waals surface area contributed by atoms with Crippen molar-refractivity contribution in [3.63, 3.8) is 0 Å². The molecule has 0 saturated carbocycles. The zero-order valence-corrected chi connectivity index (χ0v) is 23.7. The van der Waals surface area contributed by atoms with E-state index < -0.39 is 11.7 Å². The molecule has 2 aromatic carbocycles. The van der Waals surface area contributed by atoms with Crippen LogP contribution < -0.4 is 4.74 Å². The maximum Gasteiger partial charge on any atom is 0.295 e. The van der Waals surface area contributed by atoms with Crippen LogP contribution in [0.5, 0.6) is 5.75 Å². The fourth-order valence-electron chi connectivity index (χ4n) is 4.85. The van der Waals surface area contributed by atoms with Crippen LogP contribution in [0, 0.1) is 0 Å². The molecule has 1 aliphatic heterocycles. The Kier molecular flexibility index (Phi) is 8.37. The molecular weight excluding hydrogens is 534 g/mol. The van der Waals surface area contributed by atoms with Crippen molar-refractivity contribution in [2.75, 3.05) is 33.3 Å². The second-order valence-corrected chi connectivity index (χ2v) is 9.25. The lowest BCUT2D eigenvalue weighted by atomic mass is 10.1. The molecule has 214 valence electrons. The number of amides is 2. The number of Topliss-reactive ketones (excluding diaryl/α,β-unsaturated/α-hetero) is 1. The summed E-state index contributed by atoms with van der Waals surface area (Å²) in [5.74, 6) is -0.269. The Morgan fingerprint density at radius 2 is 1.55 bits per heavy atom. The van der Waals surface area contributed by atoms with E-state index in [1.807, 2.05) is 62.4 Å². The van der Waals surface area contributed by atoms with E-state index in [2.05, 4.69) is 20.1 Å². The molecule has 0 bridgehead atoms. The zero-order chi connectivity index (χ0) is 29.6. The summed E-state index contributed by atoms with van der Waals surface area (Å²) < 4.78 is 7.04. The number of ether oxygens (including phenoxy) is 1. The van der Waals surface area contributed by atoms with Gasteiger partial charge in [-0.05, 0) is 30.3 Å². The SMILES string of the molecule is CC.COc1ccccc1-c1ccn(-c2ncnc3c(C(=O)C(=O)N4CCN(C(=O)c5ccccc5)CC4)c[nH]c23)n1. The largest absolute Gasteiger partial charge is 0.496 e. The summed E-state index contributed by atoms with van der Waals surface area (Å²) in [6, 6.07) is 18.4. The van der Waals surface area contributed by atoms with Crippen LogP contribution in [0.25, 0.3) is 28.1 Å². The summed E-state index contributed by atoms with van der Waals surface area (Å²) in [4.78, 5) is 54.0. The van der Waals surface area contributed by atoms with Gasteiger partial charge in [-0.2, -0.15) is 5.10 Å². The van der Waals surface area contributed by atoms with Crippen LogP contribution in [0.4, 0.5) is 0 Å². The first kappa shape index (κ1) is 28.2. The number of nitrogens with zero attached hydrogens (tertiary/aromatic N) is 6. The van der Waals surface area contributed by atoms with Gasteiger partial charge in [0.25, 0.3) is 17.6 Å². The molecule has 0 spiro atoms. The van der Waals surface area contributed by atoms with Gasteiger partial charge in [0, 0.05) is 49.7 Å². The Labute approximate surface area is 242 Å². The molecule has 1 saturated heterocycles. The molecule has 0 unspecified atom stereocenters. The lowest BCUT2D eigenvalue weighted by molar-refractivity contribution is -0.127. The van der Waals surface area contributed by atoms with Gasteiger partial charge in [-0.1, -0.05) is 44.2 Å². The second kappa shape index (κ2) is 12.5. The fourth-order valence-corrected chi connectivity index (χ4v) is 4.85. The molecule has 1 N–H and O–H groups in total. The van der Waals surface area contributed by atoms with Crippen LogP contribution in [0.15, 0.2) is 79.4 Å². The Balaban J connectivity index is 0.00000173. The van der Waals surface area contributed by atoms with E-state index in [0.717, 1.165) is 5.56 Å². The molecule has 11 nitrogen and oxygen atoms in total. The Morgan fingerprint density at radius 3 is 2.29 bits per heavy atom. The standard InChI is InChI=1S/C29H25N7O4.C2H6/c1-40-23-10-6-5-9-20(23)22-11-12-36(33-22)27-25-24(31-18-32-27)21(17-30-25)26(37)29(39)35-15-13-34(14-16-35)28(38)19-7-3-2-4-8-19;1-2/h2-12,17-18,30H,13-16H2,1H3;1-2H3. The molecule has 6 rings (SSSR count). The number of fused-ring (bicyclic) bond motifs is 1. The number of hydrogen-bond donors (Lipinski definition) is 1. The number of aromatic nitrogens is 5. The predicted molar refractivity (Wildman–Crippen MR) is 158 cm³/mol. The molecule has 2 amide bonds. The van der Waals surface area contributed by atoms with E-state index in [4.69, 9.17) is 4.74 Å². The lowest BCUT2D eigenvalue weighted by Gasteiger charge is -2.34. The third-order valence-electron chi connectivity index (χ3n) is 6.95. The van der Waals surface area contributed by atoms with Crippen LogP contribution in [0.2, 0.25) is 0 Å². The average molecular weight is 566 g/mol. The number of ketones is 1. The summed E-state index contributed by atoms with van der Waals surface area (Å²) in [6.45, 7) is 5.23. The highest BCUT2D eigenvalue weighted by Crippen LogP contribution is 2.29. The van der Waals surface area contributed by atoms with Gasteiger partial charge in [-0.15, -0.1) is 0 Å². The first-order chi connectivity index (χ1) is 20.5. The molecular formula is C31H31N7O4. The van der Waals surface area contributed by atoms with E-state index in [0.29, 0.717) is 46.9 Å². The number of aromatic amines is 1. The molecule has 3 aromatic heterocycles. The van der Waals surface area contributed by atoms with Crippen LogP contribution in [-0.4, -0.2) is 85.4 Å². The second-order valence-electron chi connectivity index (χ2n) is 9.25. The van der Waals surface area contributed by atoms with Gasteiger partial charge in [0.2, 0.25) is 0 Å². The number of carbonyl (C=O) groups is 3. The van der Waals surface area contributed by atoms with Gasteiger partial charge >= 0.3 is 0 Å². The molecule has 1 fully saturated rings. The van der Waals surface area contributed by atoms with Gasteiger partial charge in [0.1, 0.15) is 23.1 Å². The van der Waals surface area contributed by atoms with E-state index >= 15 is 0 Å². The van der Waals surface area contributed by atoms with Crippen molar-refractivity contribution in [2.24, 2.45) is 0 Å². The highest BCUT2D eigenvalue weighted by atomic mass is 16.5. The summed E-state index contributed by atoms with van der Waals surface area (Å²) >= 11 is 0. The third kappa shape index (κ3) is 5.36. The maximum absolute atomic E-state index is 13.3. The zero-order valence-electron chi connectivity index (χ0n) is 23.7. The highest BCUT2D eigenvalue weighted by molar-refractivity contribution is 6.44. The molecule has 0 radical (unpaired) electrons. The number of para-hydroxylation sites is 1. The van der Waals surface area contributed by atoms with E-state index in [1.165, 1.54) is 17.4 Å². The quantitative estimate of drug-likeness (QED) is 0.243. The molecule has 0 atom stereocenters. The van der Waals surface area contributed by atoms with Gasteiger partial charge < -0.3 is 19.5 Å². The summed E-state index contributed by atoms with van der Waals surface area (Å²) in [5.41, 5.74) is 3.07. The van der Waals surface area contributed by atoms with E-state index in [9.17, 15) is 14.4 Å². The summed E-state index contributed by atoms with van der Waals surface area (Å²) in [6.07, 6.45) is 4.57. The number of benzene rings is 2. The van der Waals surface area contributed by atoms with Gasteiger partial charge in [-0.3, -0.25) is 14.4 Å². The van der Waals surface area contributed by atoms with Crippen molar-refractivity contribution in [3.8, 4) is 22.8 Å². The lowest BCUT2D eigenvalue weighted by Crippen LogP contribution is -2.52. The number of carbonyl (C=O) groups excluding carboxylic acids is 3. The molecule has 0 aliphatic carbocycles. The molecule has 11 heteroatoms. The first-order valence-corrected chi connectivity index (χ1v) is 13.7. The van der Waals surface area contributed by atoms with Crippen LogP contribution >= 0.6 is 0 Å². The fraction of sp³-hybridized carbons (Fsp3) is 0.226. The third-order valence-corrected chi connectivity index (χ3v) is 6.95. The Bertz CT molecular complexity index is 1720. The minimum Gasteiger partial charge on any atom is -0.496 e.